The Balaban J connectivity index is 1.73. The van der Waals surface area contributed by atoms with Crippen molar-refractivity contribution >= 4 is 17.5 Å². The van der Waals surface area contributed by atoms with E-state index in [-0.39, 0.29) is 22.9 Å². The lowest BCUT2D eigenvalue weighted by atomic mass is 9.91. The molecule has 226 valence electrons. The smallest absolute Gasteiger partial charge is 0.337 e. The van der Waals surface area contributed by atoms with E-state index in [0.29, 0.717) is 42.2 Å². The number of benzene rings is 2. The zero-order valence-electron chi connectivity index (χ0n) is 25.6. The molecule has 1 atom stereocenters. The van der Waals surface area contributed by atoms with Gasteiger partial charge in [0.25, 0.3) is 5.91 Å². The summed E-state index contributed by atoms with van der Waals surface area (Å²) in [6, 6.07) is 10.8. The lowest BCUT2D eigenvalue weighted by Gasteiger charge is -2.28. The number of aromatic nitrogens is 3. The average molecular weight is 589 g/mol. The molecule has 1 aliphatic rings. The molecule has 0 fully saturated rings. The van der Waals surface area contributed by atoms with E-state index in [0.717, 1.165) is 28.7 Å². The molecule has 1 aliphatic heterocycles. The highest BCUT2D eigenvalue weighted by atomic mass is 19.1. The van der Waals surface area contributed by atoms with Gasteiger partial charge in [0, 0.05) is 42.0 Å². The minimum atomic E-state index is -1.44. The first-order valence-electron chi connectivity index (χ1n) is 14.3. The average Bonchev–Trinajstić information content (AvgIpc) is 3.37. The van der Waals surface area contributed by atoms with Crippen LogP contribution in [0.3, 0.4) is 0 Å². The highest BCUT2D eigenvalue weighted by Crippen LogP contribution is 2.41. The number of aryl methyl sites for hydroxylation is 2. The van der Waals surface area contributed by atoms with Crippen LogP contribution in [-0.2, 0) is 22.5 Å². The van der Waals surface area contributed by atoms with Gasteiger partial charge in [-0.25, -0.2) is 18.7 Å². The number of carboxylic acid groups (broad SMARTS) is 1. The van der Waals surface area contributed by atoms with Gasteiger partial charge in [0.2, 0.25) is 0 Å². The Bertz CT molecular complexity index is 1740. The van der Waals surface area contributed by atoms with E-state index < -0.39 is 23.5 Å². The second-order valence-corrected chi connectivity index (χ2v) is 12.1. The number of carboxylic acids is 1. The first kappa shape index (κ1) is 30.2. The summed E-state index contributed by atoms with van der Waals surface area (Å²) >= 11 is 0. The number of nitrogens with zero attached hydrogens (tertiary/aromatic N) is 4. The van der Waals surface area contributed by atoms with E-state index in [2.05, 4.69) is 10.1 Å². The fourth-order valence-electron chi connectivity index (χ4n) is 5.61. The summed E-state index contributed by atoms with van der Waals surface area (Å²) in [6.45, 7) is 11.6. The molecule has 10 heteroatoms. The molecule has 2 aromatic heterocycles. The Kier molecular flexibility index (Phi) is 8.00. The fourth-order valence-corrected chi connectivity index (χ4v) is 5.61. The fraction of sp³-hybridized carbons (Fsp3) is 0.394. The minimum absolute atomic E-state index is 0.129. The number of hydrogen-bond donors (Lipinski definition) is 1. The van der Waals surface area contributed by atoms with E-state index in [1.807, 2.05) is 38.1 Å². The number of ether oxygens (including phenoxy) is 2. The van der Waals surface area contributed by atoms with Crippen LogP contribution in [0.4, 0.5) is 4.39 Å². The van der Waals surface area contributed by atoms with Crippen molar-refractivity contribution in [3.63, 3.8) is 0 Å². The molecule has 9 nitrogen and oxygen atoms in total. The Morgan fingerprint density at radius 2 is 1.91 bits per heavy atom. The van der Waals surface area contributed by atoms with Gasteiger partial charge in [0.15, 0.2) is 29.0 Å². The molecule has 2 aromatic carbocycles. The van der Waals surface area contributed by atoms with E-state index in [1.54, 1.807) is 45.7 Å². The molecule has 3 heterocycles. The molecule has 0 bridgehead atoms. The zero-order valence-corrected chi connectivity index (χ0v) is 25.6. The Morgan fingerprint density at radius 3 is 2.58 bits per heavy atom. The second kappa shape index (κ2) is 11.4. The maximum Gasteiger partial charge on any atom is 0.337 e. The lowest BCUT2D eigenvalue weighted by molar-refractivity contribution is -0.160. The highest BCUT2D eigenvalue weighted by Gasteiger charge is 2.35. The molecule has 1 N–H and O–H groups in total. The SMILES string of the molecule is Cc1ccccc1CN(C)C(=O)c1cc2nc(C)c(C(OC(C)(C)C)C(=O)O)c(-c3cc(F)c4c(c3C)CCCO4)n2n1. The number of rotatable bonds is 7. The van der Waals surface area contributed by atoms with Gasteiger partial charge in [-0.2, -0.15) is 5.10 Å². The van der Waals surface area contributed by atoms with Gasteiger partial charge in [0.1, 0.15) is 0 Å². The predicted molar refractivity (Wildman–Crippen MR) is 160 cm³/mol. The Morgan fingerprint density at radius 1 is 1.19 bits per heavy atom. The van der Waals surface area contributed by atoms with Crippen LogP contribution in [0.2, 0.25) is 0 Å². The van der Waals surface area contributed by atoms with E-state index in [4.69, 9.17) is 9.47 Å². The molecule has 0 spiro atoms. The van der Waals surface area contributed by atoms with E-state index in [1.165, 1.54) is 10.6 Å². The van der Waals surface area contributed by atoms with E-state index in [9.17, 15) is 14.7 Å². The van der Waals surface area contributed by atoms with Gasteiger partial charge in [0.05, 0.1) is 17.9 Å². The number of carbonyl (C=O) groups excluding carboxylic acids is 1. The molecule has 0 saturated carbocycles. The van der Waals surface area contributed by atoms with Crippen molar-refractivity contribution < 1.29 is 28.6 Å². The predicted octanol–water partition coefficient (Wildman–Crippen LogP) is 6.00. The molecular formula is C33H37FN4O5. The standard InChI is InChI=1S/C33H37FN4O5/c1-18-11-8-9-12-21(18)17-37(7)31(39)25-16-26-35-20(3)27(30(32(40)41)43-33(4,5)6)28(38(26)36-25)23-15-24(34)29-22(19(23)2)13-10-14-42-29/h8-9,11-12,15-16,30H,10,13-14,17H2,1-7H3,(H,40,41). The largest absolute Gasteiger partial charge is 0.490 e. The van der Waals surface area contributed by atoms with Gasteiger partial charge in [-0.3, -0.25) is 4.79 Å². The van der Waals surface area contributed by atoms with Crippen LogP contribution in [0.5, 0.6) is 5.75 Å². The third-order valence-electron chi connectivity index (χ3n) is 7.71. The maximum atomic E-state index is 15.6. The van der Waals surface area contributed by atoms with Gasteiger partial charge >= 0.3 is 5.97 Å². The van der Waals surface area contributed by atoms with Crippen LogP contribution in [0.25, 0.3) is 16.9 Å². The number of fused-ring (bicyclic) bond motifs is 2. The van der Waals surface area contributed by atoms with Crippen LogP contribution in [0.1, 0.15) is 77.3 Å². The molecule has 0 aliphatic carbocycles. The summed E-state index contributed by atoms with van der Waals surface area (Å²) in [5.41, 5.74) is 4.53. The monoisotopic (exact) mass is 588 g/mol. The van der Waals surface area contributed by atoms with Crippen LogP contribution in [0, 0.1) is 26.6 Å². The molecule has 4 aromatic rings. The van der Waals surface area contributed by atoms with Crippen molar-refractivity contribution in [2.24, 2.45) is 0 Å². The maximum absolute atomic E-state index is 15.6. The normalized spacial score (nSPS) is 13.9. The van der Waals surface area contributed by atoms with Crippen molar-refractivity contribution in [3.8, 4) is 17.0 Å². The third-order valence-corrected chi connectivity index (χ3v) is 7.71. The summed E-state index contributed by atoms with van der Waals surface area (Å²) in [5, 5.41) is 15.0. The molecule has 5 rings (SSSR count). The molecule has 1 unspecified atom stereocenters. The number of hydrogen-bond acceptors (Lipinski definition) is 6. The zero-order chi connectivity index (χ0) is 31.2. The first-order valence-corrected chi connectivity index (χ1v) is 14.3. The molecule has 0 saturated heterocycles. The van der Waals surface area contributed by atoms with Gasteiger partial charge in [-0.05, 0) is 77.1 Å². The minimum Gasteiger partial charge on any atom is -0.490 e. The van der Waals surface area contributed by atoms with Crippen molar-refractivity contribution in [2.45, 2.75) is 72.6 Å². The second-order valence-electron chi connectivity index (χ2n) is 12.1. The summed E-state index contributed by atoms with van der Waals surface area (Å²) in [7, 11) is 1.70. The number of amides is 1. The van der Waals surface area contributed by atoms with Crippen LogP contribution in [-0.4, -0.2) is 55.7 Å². The topological polar surface area (TPSA) is 106 Å². The molecular weight excluding hydrogens is 551 g/mol. The van der Waals surface area contributed by atoms with Gasteiger partial charge in [-0.1, -0.05) is 24.3 Å². The summed E-state index contributed by atoms with van der Waals surface area (Å²) in [6.07, 6.45) is -0.0943. The number of halogens is 1. The Hall–Kier alpha value is -4.31. The quantitative estimate of drug-likeness (QED) is 0.282. The lowest BCUT2D eigenvalue weighted by Crippen LogP contribution is -2.29. The van der Waals surface area contributed by atoms with Gasteiger partial charge in [-0.15, -0.1) is 0 Å². The van der Waals surface area contributed by atoms with Crippen LogP contribution in [0.15, 0.2) is 36.4 Å². The Labute approximate surface area is 250 Å². The van der Waals surface area contributed by atoms with Crippen LogP contribution >= 0.6 is 0 Å². The van der Waals surface area contributed by atoms with E-state index >= 15 is 4.39 Å². The molecule has 1 amide bonds. The summed E-state index contributed by atoms with van der Waals surface area (Å²) < 4.78 is 28.7. The van der Waals surface area contributed by atoms with Crippen LogP contribution < -0.4 is 4.74 Å². The molecule has 0 radical (unpaired) electrons. The summed E-state index contributed by atoms with van der Waals surface area (Å²) in [4.78, 5) is 32.6. The van der Waals surface area contributed by atoms with Gasteiger partial charge < -0.3 is 19.5 Å². The van der Waals surface area contributed by atoms with Crippen molar-refractivity contribution in [3.05, 3.63) is 81.4 Å². The number of carbonyl (C=O) groups is 2. The summed E-state index contributed by atoms with van der Waals surface area (Å²) in [5.74, 6) is -1.89. The van der Waals surface area contributed by atoms with Crippen molar-refractivity contribution in [2.75, 3.05) is 13.7 Å². The van der Waals surface area contributed by atoms with Crippen molar-refractivity contribution in [1.82, 2.24) is 19.5 Å². The highest BCUT2D eigenvalue weighted by molar-refractivity contribution is 5.93. The number of aliphatic carboxylic acids is 1. The first-order chi connectivity index (χ1) is 20.3. The van der Waals surface area contributed by atoms with Crippen molar-refractivity contribution in [1.29, 1.82) is 0 Å². The molecule has 43 heavy (non-hydrogen) atoms. The third kappa shape index (κ3) is 5.84.